The zero-order chi connectivity index (χ0) is 13.3. The van der Waals surface area contributed by atoms with Gasteiger partial charge >= 0.3 is 5.97 Å². The van der Waals surface area contributed by atoms with Crippen LogP contribution in [0.1, 0.15) is 15.4 Å². The number of nitrogens with one attached hydrogen (secondary N) is 1. The first-order chi connectivity index (χ1) is 8.47. The highest BCUT2D eigenvalue weighted by atomic mass is 35.5. The highest BCUT2D eigenvalue weighted by molar-refractivity contribution is 7.17. The molecule has 0 spiro atoms. The molecule has 0 saturated heterocycles. The van der Waals surface area contributed by atoms with Crippen LogP contribution in [0.4, 0.5) is 15.2 Å². The standard InChI is InChI=1S/C11H8ClFN2O2S/c1-5-9(10(16)17)18-11(14-5)15-8-4-6(13)2-3-7(8)12/h2-4H,1H3,(H,14,15)(H,16,17). The smallest absolute Gasteiger partial charge is 0.347 e. The van der Waals surface area contributed by atoms with E-state index >= 15 is 0 Å². The Morgan fingerprint density at radius 2 is 2.28 bits per heavy atom. The van der Waals surface area contributed by atoms with Gasteiger partial charge in [-0.1, -0.05) is 22.9 Å². The number of thiazole rings is 1. The van der Waals surface area contributed by atoms with E-state index in [1.807, 2.05) is 0 Å². The molecule has 18 heavy (non-hydrogen) atoms. The predicted molar refractivity (Wildman–Crippen MR) is 68.5 cm³/mol. The summed E-state index contributed by atoms with van der Waals surface area (Å²) < 4.78 is 13.1. The van der Waals surface area contributed by atoms with Crippen LogP contribution in [-0.4, -0.2) is 16.1 Å². The number of halogens is 2. The predicted octanol–water partition coefficient (Wildman–Crippen LogP) is 3.69. The van der Waals surface area contributed by atoms with E-state index in [1.54, 1.807) is 6.92 Å². The first kappa shape index (κ1) is 12.8. The summed E-state index contributed by atoms with van der Waals surface area (Å²) in [5.74, 6) is -1.47. The first-order valence-electron chi connectivity index (χ1n) is 4.90. The Morgan fingerprint density at radius 1 is 1.56 bits per heavy atom. The minimum Gasteiger partial charge on any atom is -0.477 e. The summed E-state index contributed by atoms with van der Waals surface area (Å²) >= 11 is 6.86. The van der Waals surface area contributed by atoms with Crippen LogP contribution in [0.3, 0.4) is 0 Å². The zero-order valence-corrected chi connectivity index (χ0v) is 10.8. The van der Waals surface area contributed by atoms with Crippen LogP contribution in [0.25, 0.3) is 0 Å². The third-order valence-electron chi connectivity index (χ3n) is 2.16. The number of rotatable bonds is 3. The molecule has 0 unspecified atom stereocenters. The molecule has 0 atom stereocenters. The first-order valence-corrected chi connectivity index (χ1v) is 6.09. The lowest BCUT2D eigenvalue weighted by atomic mass is 10.3. The zero-order valence-electron chi connectivity index (χ0n) is 9.20. The average molecular weight is 287 g/mol. The normalized spacial score (nSPS) is 10.4. The fraction of sp³-hybridized carbons (Fsp3) is 0.0909. The molecule has 1 aromatic carbocycles. The van der Waals surface area contributed by atoms with Crippen molar-refractivity contribution < 1.29 is 14.3 Å². The Kier molecular flexibility index (Phi) is 3.49. The van der Waals surface area contributed by atoms with Gasteiger partial charge in [0.05, 0.1) is 16.4 Å². The van der Waals surface area contributed by atoms with E-state index in [9.17, 15) is 9.18 Å². The Morgan fingerprint density at radius 3 is 2.89 bits per heavy atom. The van der Waals surface area contributed by atoms with Crippen molar-refractivity contribution in [2.45, 2.75) is 6.92 Å². The van der Waals surface area contributed by atoms with Gasteiger partial charge in [0.15, 0.2) is 5.13 Å². The number of aromatic carboxylic acids is 1. The Labute approximate surface area is 111 Å². The molecule has 0 aliphatic rings. The van der Waals surface area contributed by atoms with E-state index in [4.69, 9.17) is 16.7 Å². The Hall–Kier alpha value is -1.66. The quantitative estimate of drug-likeness (QED) is 0.903. The fourth-order valence-corrected chi connectivity index (χ4v) is 2.34. The highest BCUT2D eigenvalue weighted by Crippen LogP contribution is 2.29. The lowest BCUT2D eigenvalue weighted by molar-refractivity contribution is 0.0701. The molecular formula is C11H8ClFN2O2S. The van der Waals surface area contributed by atoms with Gasteiger partial charge in [-0.2, -0.15) is 0 Å². The lowest BCUT2D eigenvalue weighted by Crippen LogP contribution is -1.94. The molecule has 0 fully saturated rings. The van der Waals surface area contributed by atoms with E-state index in [-0.39, 0.29) is 4.88 Å². The summed E-state index contributed by atoms with van der Waals surface area (Å²) in [6, 6.07) is 3.88. The van der Waals surface area contributed by atoms with E-state index in [0.29, 0.717) is 21.5 Å². The van der Waals surface area contributed by atoms with Gasteiger partial charge in [-0.05, 0) is 25.1 Å². The highest BCUT2D eigenvalue weighted by Gasteiger charge is 2.14. The van der Waals surface area contributed by atoms with Gasteiger partial charge in [-0.3, -0.25) is 0 Å². The van der Waals surface area contributed by atoms with Gasteiger partial charge in [0.1, 0.15) is 10.7 Å². The minimum atomic E-state index is -1.04. The molecule has 94 valence electrons. The number of carbonyl (C=O) groups is 1. The number of carboxylic acids is 1. The van der Waals surface area contributed by atoms with Crippen molar-refractivity contribution in [2.75, 3.05) is 5.32 Å². The van der Waals surface area contributed by atoms with Gasteiger partial charge in [0.25, 0.3) is 0 Å². The van der Waals surface area contributed by atoms with Crippen molar-refractivity contribution in [3.8, 4) is 0 Å². The van der Waals surface area contributed by atoms with Gasteiger partial charge in [-0.25, -0.2) is 14.2 Å². The number of aryl methyl sites for hydroxylation is 1. The summed E-state index contributed by atoms with van der Waals surface area (Å²) in [6.07, 6.45) is 0. The van der Waals surface area contributed by atoms with Crippen LogP contribution < -0.4 is 5.32 Å². The summed E-state index contributed by atoms with van der Waals surface area (Å²) in [7, 11) is 0. The van der Waals surface area contributed by atoms with Crippen LogP contribution in [-0.2, 0) is 0 Å². The Bertz CT molecular complexity index is 615. The second kappa shape index (κ2) is 4.91. The molecular weight excluding hydrogens is 279 g/mol. The third-order valence-corrected chi connectivity index (χ3v) is 3.55. The molecule has 0 aliphatic carbocycles. The molecule has 2 N–H and O–H groups in total. The molecule has 0 saturated carbocycles. The second-order valence-corrected chi connectivity index (χ2v) is 4.89. The van der Waals surface area contributed by atoms with Gasteiger partial charge in [0, 0.05) is 0 Å². The summed E-state index contributed by atoms with van der Waals surface area (Å²) in [4.78, 5) is 15.1. The topological polar surface area (TPSA) is 62.2 Å². The number of nitrogens with zero attached hydrogens (tertiary/aromatic N) is 1. The second-order valence-electron chi connectivity index (χ2n) is 3.49. The summed E-state index contributed by atoms with van der Waals surface area (Å²) in [6.45, 7) is 1.60. The molecule has 1 heterocycles. The Balaban J connectivity index is 2.31. The molecule has 2 rings (SSSR count). The number of hydrogen-bond acceptors (Lipinski definition) is 4. The average Bonchev–Trinajstić information content (AvgIpc) is 2.65. The summed E-state index contributed by atoms with van der Waals surface area (Å²) in [5.41, 5.74) is 0.755. The van der Waals surface area contributed by atoms with Crippen LogP contribution in [0.15, 0.2) is 18.2 Å². The van der Waals surface area contributed by atoms with Crippen molar-refractivity contribution in [1.82, 2.24) is 4.98 Å². The van der Waals surface area contributed by atoms with Crippen LogP contribution in [0.5, 0.6) is 0 Å². The number of hydrogen-bond donors (Lipinski definition) is 2. The third kappa shape index (κ3) is 2.60. The van der Waals surface area contributed by atoms with E-state index in [0.717, 1.165) is 11.3 Å². The lowest BCUT2D eigenvalue weighted by Gasteiger charge is -2.04. The molecule has 0 radical (unpaired) electrons. The van der Waals surface area contributed by atoms with Crippen LogP contribution in [0, 0.1) is 12.7 Å². The van der Waals surface area contributed by atoms with Crippen molar-refractivity contribution >= 4 is 39.7 Å². The van der Waals surface area contributed by atoms with E-state index < -0.39 is 11.8 Å². The van der Waals surface area contributed by atoms with Gasteiger partial charge in [-0.15, -0.1) is 0 Å². The van der Waals surface area contributed by atoms with Gasteiger partial charge in [0.2, 0.25) is 0 Å². The molecule has 0 bridgehead atoms. The number of aromatic nitrogens is 1. The molecule has 2 aromatic rings. The maximum atomic E-state index is 13.1. The molecule has 0 amide bonds. The maximum absolute atomic E-state index is 13.1. The van der Waals surface area contributed by atoms with Crippen molar-refractivity contribution in [3.63, 3.8) is 0 Å². The van der Waals surface area contributed by atoms with Gasteiger partial charge < -0.3 is 10.4 Å². The van der Waals surface area contributed by atoms with Crippen molar-refractivity contribution in [3.05, 3.63) is 39.6 Å². The number of benzene rings is 1. The van der Waals surface area contributed by atoms with Crippen molar-refractivity contribution in [2.24, 2.45) is 0 Å². The molecule has 0 aliphatic heterocycles. The molecule has 1 aromatic heterocycles. The van der Waals surface area contributed by atoms with E-state index in [1.165, 1.54) is 18.2 Å². The fourth-order valence-electron chi connectivity index (χ4n) is 1.36. The SMILES string of the molecule is Cc1nc(Nc2cc(F)ccc2Cl)sc1C(=O)O. The molecule has 7 heteroatoms. The van der Waals surface area contributed by atoms with Crippen molar-refractivity contribution in [1.29, 1.82) is 0 Å². The summed E-state index contributed by atoms with van der Waals surface area (Å²) in [5, 5.41) is 12.4. The maximum Gasteiger partial charge on any atom is 0.347 e. The number of anilines is 2. The number of carboxylic acid groups (broad SMARTS) is 1. The van der Waals surface area contributed by atoms with E-state index in [2.05, 4.69) is 10.3 Å². The monoisotopic (exact) mass is 286 g/mol. The molecule has 4 nitrogen and oxygen atoms in total. The van der Waals surface area contributed by atoms with Crippen LogP contribution in [0.2, 0.25) is 5.02 Å². The minimum absolute atomic E-state index is 0.144. The van der Waals surface area contributed by atoms with Crippen LogP contribution >= 0.6 is 22.9 Å². The largest absolute Gasteiger partial charge is 0.477 e.